The molecule has 0 amide bonds. The van der Waals surface area contributed by atoms with Gasteiger partial charge in [-0.1, -0.05) is 179 Å². The summed E-state index contributed by atoms with van der Waals surface area (Å²) in [6.45, 7) is 9.51. The van der Waals surface area contributed by atoms with E-state index in [2.05, 4.69) is 279 Å². The molecule has 350 valence electrons. The van der Waals surface area contributed by atoms with E-state index in [1.165, 1.54) is 88.5 Å². The Labute approximate surface area is 428 Å². The van der Waals surface area contributed by atoms with Gasteiger partial charge in [0.1, 0.15) is 0 Å². The molecule has 10 aromatic carbocycles. The van der Waals surface area contributed by atoms with Gasteiger partial charge in [0.25, 0.3) is 0 Å². The van der Waals surface area contributed by atoms with Crippen molar-refractivity contribution in [3.8, 4) is 39.1 Å². The molecule has 3 nitrogen and oxygen atoms in total. The summed E-state index contributed by atoms with van der Waals surface area (Å²) < 4.78 is 2.46. The summed E-state index contributed by atoms with van der Waals surface area (Å²) in [7, 11) is 0. The van der Waals surface area contributed by atoms with E-state index < -0.39 is 0 Å². The maximum absolute atomic E-state index is 2.50. The van der Waals surface area contributed by atoms with Crippen molar-refractivity contribution >= 4 is 61.0 Å². The van der Waals surface area contributed by atoms with E-state index in [0.717, 1.165) is 52.4 Å². The lowest BCUT2D eigenvalue weighted by Crippen LogP contribution is -2.19. The van der Waals surface area contributed by atoms with Crippen LogP contribution >= 0.6 is 0 Å². The van der Waals surface area contributed by atoms with Crippen molar-refractivity contribution in [1.29, 1.82) is 0 Å². The van der Waals surface area contributed by atoms with Gasteiger partial charge in [0, 0.05) is 61.0 Å². The average Bonchev–Trinajstić information content (AvgIpc) is 3.98. The molecule has 0 atom stereocenters. The van der Waals surface area contributed by atoms with Crippen LogP contribution in [0.15, 0.2) is 242 Å². The van der Waals surface area contributed by atoms with Gasteiger partial charge in [-0.3, -0.25) is 0 Å². The van der Waals surface area contributed by atoms with Crippen molar-refractivity contribution in [3.05, 3.63) is 265 Å². The van der Waals surface area contributed by atoms with Crippen molar-refractivity contribution in [2.24, 2.45) is 0 Å². The van der Waals surface area contributed by atoms with E-state index in [1.807, 2.05) is 0 Å². The average molecular weight is 938 g/mol. The van der Waals surface area contributed by atoms with Gasteiger partial charge in [0.15, 0.2) is 0 Å². The maximum Gasteiger partial charge on any atom is 0.0541 e. The van der Waals surface area contributed by atoms with Gasteiger partial charge in [-0.2, -0.15) is 0 Å². The van der Waals surface area contributed by atoms with Gasteiger partial charge >= 0.3 is 0 Å². The number of benzene rings is 10. The van der Waals surface area contributed by atoms with Gasteiger partial charge in [-0.15, -0.1) is 0 Å². The van der Waals surface area contributed by atoms with Crippen LogP contribution in [0.5, 0.6) is 0 Å². The monoisotopic (exact) mass is 937 g/mol. The Morgan fingerprint density at radius 3 is 1.67 bits per heavy atom. The predicted molar refractivity (Wildman–Crippen MR) is 309 cm³/mol. The highest BCUT2D eigenvalue weighted by atomic mass is 15.2. The van der Waals surface area contributed by atoms with Gasteiger partial charge in [0.05, 0.1) is 22.4 Å². The fourth-order valence-electron chi connectivity index (χ4n) is 12.8. The largest absolute Gasteiger partial charge is 0.311 e. The summed E-state index contributed by atoms with van der Waals surface area (Å²) in [5.74, 6) is 0. The van der Waals surface area contributed by atoms with Crippen LogP contribution in [0.3, 0.4) is 0 Å². The Morgan fingerprint density at radius 1 is 0.384 bits per heavy atom. The van der Waals surface area contributed by atoms with Crippen LogP contribution < -0.4 is 9.80 Å². The van der Waals surface area contributed by atoms with Gasteiger partial charge in [-0.05, 0) is 153 Å². The molecule has 0 saturated heterocycles. The quantitative estimate of drug-likeness (QED) is 0.150. The summed E-state index contributed by atoms with van der Waals surface area (Å²) in [6.07, 6.45) is 9.09. The first kappa shape index (κ1) is 43.2. The molecule has 14 rings (SSSR count). The standard InChI is InChI=1S/C70H55N3/c1-69(2)61-30-16-13-27-54(61)56-38-35-51(44-63(56)69)71(48-22-7-5-8-23-48)50-37-41-67(72(49-24-9-6-10-25-49)52-36-39-57-55-28-14-17-31-62(55)70(3,4)64(57)45-52)59(43-50)47-34-40-68-60(42-47)58-29-15-18-32-66(58)73(68)65-33-19-21-46-20-11-12-26-53(46)65/h6-7,9-45H,5,8H2,1-4H3. The molecule has 3 aliphatic rings. The molecule has 0 fully saturated rings. The highest BCUT2D eigenvalue weighted by molar-refractivity contribution is 6.12. The van der Waals surface area contributed by atoms with Gasteiger partial charge in [-0.25, -0.2) is 0 Å². The second-order valence-corrected chi connectivity index (χ2v) is 21.2. The highest BCUT2D eigenvalue weighted by Gasteiger charge is 2.37. The van der Waals surface area contributed by atoms with E-state index in [0.29, 0.717) is 0 Å². The fourth-order valence-corrected chi connectivity index (χ4v) is 12.8. The normalized spacial score (nSPS) is 14.7. The number of hydrogen-bond donors (Lipinski definition) is 0. The number of hydrogen-bond acceptors (Lipinski definition) is 2. The summed E-state index contributed by atoms with van der Waals surface area (Å²) in [6, 6.07) is 81.8. The zero-order valence-corrected chi connectivity index (χ0v) is 41.8. The molecule has 0 unspecified atom stereocenters. The molecular weight excluding hydrogens is 883 g/mol. The second-order valence-electron chi connectivity index (χ2n) is 21.2. The molecule has 11 aromatic rings. The Balaban J connectivity index is 1.02. The lowest BCUT2D eigenvalue weighted by molar-refractivity contribution is 0.660. The highest BCUT2D eigenvalue weighted by Crippen LogP contribution is 2.54. The number of allylic oxidation sites excluding steroid dienone is 3. The number of rotatable bonds is 8. The van der Waals surface area contributed by atoms with Gasteiger partial charge in [0.2, 0.25) is 0 Å². The third-order valence-corrected chi connectivity index (χ3v) is 16.4. The minimum absolute atomic E-state index is 0.137. The van der Waals surface area contributed by atoms with E-state index in [4.69, 9.17) is 0 Å². The van der Waals surface area contributed by atoms with Crippen LogP contribution in [-0.4, -0.2) is 4.57 Å². The first-order valence-electron chi connectivity index (χ1n) is 25.9. The molecule has 0 bridgehead atoms. The number of fused-ring (bicyclic) bond motifs is 10. The zero-order valence-electron chi connectivity index (χ0n) is 41.8. The Hall–Kier alpha value is -8.66. The van der Waals surface area contributed by atoms with E-state index in [1.54, 1.807) is 0 Å². The second kappa shape index (κ2) is 16.4. The molecule has 0 aliphatic heterocycles. The summed E-state index contributed by atoms with van der Waals surface area (Å²) in [5, 5.41) is 4.91. The summed E-state index contributed by atoms with van der Waals surface area (Å²) >= 11 is 0. The smallest absolute Gasteiger partial charge is 0.0541 e. The molecule has 3 heteroatoms. The molecule has 0 radical (unpaired) electrons. The van der Waals surface area contributed by atoms with Crippen LogP contribution in [0.1, 0.15) is 62.8 Å². The first-order chi connectivity index (χ1) is 35.7. The summed E-state index contributed by atoms with van der Waals surface area (Å²) in [4.78, 5) is 4.98. The van der Waals surface area contributed by atoms with Crippen LogP contribution in [0.25, 0.3) is 71.6 Å². The lowest BCUT2D eigenvalue weighted by atomic mass is 9.82. The summed E-state index contributed by atoms with van der Waals surface area (Å²) in [5.41, 5.74) is 23.1. The number of anilines is 5. The molecule has 3 aliphatic carbocycles. The van der Waals surface area contributed by atoms with E-state index in [9.17, 15) is 0 Å². The van der Waals surface area contributed by atoms with E-state index in [-0.39, 0.29) is 10.8 Å². The fraction of sp³-hybridized carbons (Fsp3) is 0.114. The molecule has 73 heavy (non-hydrogen) atoms. The van der Waals surface area contributed by atoms with Crippen LogP contribution in [-0.2, 0) is 10.8 Å². The Morgan fingerprint density at radius 2 is 0.959 bits per heavy atom. The van der Waals surface area contributed by atoms with Crippen molar-refractivity contribution in [3.63, 3.8) is 0 Å². The molecule has 0 spiro atoms. The zero-order chi connectivity index (χ0) is 49.0. The van der Waals surface area contributed by atoms with Crippen molar-refractivity contribution in [2.45, 2.75) is 51.4 Å². The Bertz CT molecular complexity index is 4100. The SMILES string of the molecule is CC1(C)c2ccccc2-c2ccc(N(C3=CCCC=C3)c3ccc(N(c4ccccc4)c4ccc5c(c4)C(C)(C)c4ccccc4-5)c(-c4ccc5c(c4)c4ccccc4n5-c4cccc5ccccc45)c3)cc21. The minimum Gasteiger partial charge on any atom is -0.311 e. The molecule has 0 N–H and O–H groups in total. The Kier molecular flexibility index (Phi) is 9.72. The van der Waals surface area contributed by atoms with Crippen LogP contribution in [0.4, 0.5) is 28.4 Å². The first-order valence-corrected chi connectivity index (χ1v) is 25.9. The molecule has 0 saturated carbocycles. The van der Waals surface area contributed by atoms with Crippen molar-refractivity contribution in [1.82, 2.24) is 4.57 Å². The number of para-hydroxylation sites is 2. The lowest BCUT2D eigenvalue weighted by Gasteiger charge is -2.32. The number of nitrogens with zero attached hydrogens (tertiary/aromatic N) is 3. The topological polar surface area (TPSA) is 11.4 Å². The maximum atomic E-state index is 2.50. The molecule has 1 aromatic heterocycles. The van der Waals surface area contributed by atoms with E-state index >= 15 is 0 Å². The third kappa shape index (κ3) is 6.65. The van der Waals surface area contributed by atoms with Crippen molar-refractivity contribution < 1.29 is 0 Å². The van der Waals surface area contributed by atoms with Crippen LogP contribution in [0.2, 0.25) is 0 Å². The number of aromatic nitrogens is 1. The predicted octanol–water partition coefficient (Wildman–Crippen LogP) is 19.1. The molecule has 1 heterocycles. The minimum atomic E-state index is -0.159. The van der Waals surface area contributed by atoms with Gasteiger partial charge < -0.3 is 14.4 Å². The van der Waals surface area contributed by atoms with Crippen molar-refractivity contribution in [2.75, 3.05) is 9.80 Å². The molecular formula is C70H55N3. The third-order valence-electron chi connectivity index (χ3n) is 16.4. The van der Waals surface area contributed by atoms with Crippen LogP contribution in [0, 0.1) is 0 Å².